The predicted octanol–water partition coefficient (Wildman–Crippen LogP) is 3.28. The number of nitrogens with zero attached hydrogens (tertiary/aromatic N) is 2. The van der Waals surface area contributed by atoms with Gasteiger partial charge in [0.15, 0.2) is 0 Å². The van der Waals surface area contributed by atoms with Crippen molar-refractivity contribution >= 4 is 23.3 Å². The third-order valence-corrected chi connectivity index (χ3v) is 3.95. The molecule has 0 fully saturated rings. The van der Waals surface area contributed by atoms with Crippen molar-refractivity contribution in [3.8, 4) is 0 Å². The second kappa shape index (κ2) is 7.32. The highest BCUT2D eigenvalue weighted by Crippen LogP contribution is 2.15. The van der Waals surface area contributed by atoms with Gasteiger partial charge in [0, 0.05) is 30.5 Å². The van der Waals surface area contributed by atoms with Gasteiger partial charge in [-0.15, -0.1) is 0 Å². The molecule has 25 heavy (non-hydrogen) atoms. The summed E-state index contributed by atoms with van der Waals surface area (Å²) >= 11 is 5.99. The van der Waals surface area contributed by atoms with E-state index >= 15 is 0 Å². The third kappa shape index (κ3) is 4.33. The average Bonchev–Trinajstić information content (AvgIpc) is 2.59. The second-order valence-electron chi connectivity index (χ2n) is 5.68. The van der Waals surface area contributed by atoms with E-state index in [-0.39, 0.29) is 11.5 Å². The second-order valence-corrected chi connectivity index (χ2v) is 6.12. The van der Waals surface area contributed by atoms with Gasteiger partial charge in [0.05, 0.1) is 5.56 Å². The van der Waals surface area contributed by atoms with Crippen molar-refractivity contribution in [3.63, 3.8) is 0 Å². The van der Waals surface area contributed by atoms with Gasteiger partial charge in [-0.1, -0.05) is 29.8 Å². The number of amides is 1. The van der Waals surface area contributed by atoms with Crippen LogP contribution in [0.4, 0.5) is 5.82 Å². The van der Waals surface area contributed by atoms with Crippen LogP contribution in [0.5, 0.6) is 0 Å². The van der Waals surface area contributed by atoms with E-state index in [0.717, 1.165) is 11.1 Å². The fourth-order valence-electron chi connectivity index (χ4n) is 2.40. The molecule has 0 bridgehead atoms. The molecule has 1 amide bonds. The molecule has 0 spiro atoms. The molecule has 0 saturated heterocycles. The van der Waals surface area contributed by atoms with Gasteiger partial charge >= 0.3 is 0 Å². The molecule has 0 saturated carbocycles. The number of carbonyl (C=O) groups excluding carboxylic acids is 1. The van der Waals surface area contributed by atoms with E-state index in [1.165, 1.54) is 22.9 Å². The Balaban J connectivity index is 1.68. The first-order valence-electron chi connectivity index (χ1n) is 7.69. The van der Waals surface area contributed by atoms with Crippen LogP contribution in [-0.2, 0) is 13.5 Å². The molecule has 5 nitrogen and oxygen atoms in total. The molecule has 3 aromatic rings. The van der Waals surface area contributed by atoms with Gasteiger partial charge in [-0.3, -0.25) is 9.59 Å². The summed E-state index contributed by atoms with van der Waals surface area (Å²) in [6, 6.07) is 14.2. The Morgan fingerprint density at radius 3 is 2.68 bits per heavy atom. The normalized spacial score (nSPS) is 10.5. The Morgan fingerprint density at radius 2 is 2.00 bits per heavy atom. The van der Waals surface area contributed by atoms with Crippen LogP contribution in [0.15, 0.2) is 65.7 Å². The first kappa shape index (κ1) is 16.9. The van der Waals surface area contributed by atoms with Crippen LogP contribution in [0.2, 0.25) is 5.02 Å². The maximum atomic E-state index is 12.2. The first-order chi connectivity index (χ1) is 12.0. The number of anilines is 1. The standard InChI is InChI=1S/C19H16ClN3O2/c1-23-12-15(6-8-18(23)24)19(25)22-17-7-5-14(11-21-17)9-13-3-2-4-16(20)10-13/h2-8,10-12H,9H2,1H3,(H,21,22,25). The quantitative estimate of drug-likeness (QED) is 0.782. The predicted molar refractivity (Wildman–Crippen MR) is 98.1 cm³/mol. The molecule has 0 aliphatic heterocycles. The van der Waals surface area contributed by atoms with Crippen LogP contribution in [0.1, 0.15) is 21.5 Å². The van der Waals surface area contributed by atoms with Crippen molar-refractivity contribution in [1.82, 2.24) is 9.55 Å². The van der Waals surface area contributed by atoms with E-state index in [2.05, 4.69) is 10.3 Å². The summed E-state index contributed by atoms with van der Waals surface area (Å²) < 4.78 is 1.36. The molecule has 2 heterocycles. The topological polar surface area (TPSA) is 64.0 Å². The SMILES string of the molecule is Cn1cc(C(=O)Nc2ccc(Cc3cccc(Cl)c3)cn2)ccc1=O. The van der Waals surface area contributed by atoms with Crippen molar-refractivity contribution in [2.45, 2.75) is 6.42 Å². The highest BCUT2D eigenvalue weighted by molar-refractivity contribution is 6.30. The fraction of sp³-hybridized carbons (Fsp3) is 0.105. The molecule has 0 aliphatic carbocycles. The molecule has 1 aromatic carbocycles. The zero-order valence-corrected chi connectivity index (χ0v) is 14.3. The Bertz CT molecular complexity index is 965. The highest BCUT2D eigenvalue weighted by atomic mass is 35.5. The van der Waals surface area contributed by atoms with Crippen LogP contribution >= 0.6 is 11.6 Å². The van der Waals surface area contributed by atoms with E-state index in [4.69, 9.17) is 11.6 Å². The summed E-state index contributed by atoms with van der Waals surface area (Å²) in [6.07, 6.45) is 3.92. The number of benzene rings is 1. The van der Waals surface area contributed by atoms with E-state index in [1.807, 2.05) is 30.3 Å². The van der Waals surface area contributed by atoms with Crippen molar-refractivity contribution in [3.05, 3.63) is 93.0 Å². The van der Waals surface area contributed by atoms with E-state index in [9.17, 15) is 9.59 Å². The zero-order valence-electron chi connectivity index (χ0n) is 13.6. The molecule has 0 radical (unpaired) electrons. The van der Waals surface area contributed by atoms with Gasteiger partial charge in [0.2, 0.25) is 5.56 Å². The van der Waals surface area contributed by atoms with Crippen LogP contribution in [0, 0.1) is 0 Å². The summed E-state index contributed by atoms with van der Waals surface area (Å²) in [4.78, 5) is 27.9. The molecule has 0 aliphatic rings. The number of carbonyl (C=O) groups is 1. The Labute approximate surface area is 149 Å². The minimum atomic E-state index is -0.314. The number of halogens is 1. The number of aryl methyl sites for hydroxylation is 1. The molecule has 0 unspecified atom stereocenters. The molecular weight excluding hydrogens is 338 g/mol. The lowest BCUT2D eigenvalue weighted by atomic mass is 10.1. The van der Waals surface area contributed by atoms with Crippen LogP contribution in [-0.4, -0.2) is 15.5 Å². The summed E-state index contributed by atoms with van der Waals surface area (Å²) in [5.41, 5.74) is 2.34. The van der Waals surface area contributed by atoms with Crippen molar-refractivity contribution in [1.29, 1.82) is 0 Å². The van der Waals surface area contributed by atoms with Crippen molar-refractivity contribution in [2.75, 3.05) is 5.32 Å². The molecule has 6 heteroatoms. The van der Waals surface area contributed by atoms with Gasteiger partial charge in [0.25, 0.3) is 5.91 Å². The average molecular weight is 354 g/mol. The Kier molecular flexibility index (Phi) is 4.95. The minimum Gasteiger partial charge on any atom is -0.318 e. The summed E-state index contributed by atoms with van der Waals surface area (Å²) in [6.45, 7) is 0. The largest absolute Gasteiger partial charge is 0.318 e. The number of hydrogen-bond acceptors (Lipinski definition) is 3. The van der Waals surface area contributed by atoms with E-state index in [0.29, 0.717) is 22.8 Å². The van der Waals surface area contributed by atoms with Gasteiger partial charge in [-0.05, 0) is 41.8 Å². The van der Waals surface area contributed by atoms with E-state index < -0.39 is 0 Å². The van der Waals surface area contributed by atoms with Crippen LogP contribution in [0.3, 0.4) is 0 Å². The number of hydrogen-bond donors (Lipinski definition) is 1. The lowest BCUT2D eigenvalue weighted by molar-refractivity contribution is 0.102. The Morgan fingerprint density at radius 1 is 1.16 bits per heavy atom. The first-order valence-corrected chi connectivity index (χ1v) is 8.06. The molecule has 1 N–H and O–H groups in total. The number of pyridine rings is 2. The number of aromatic nitrogens is 2. The summed E-state index contributed by atoms with van der Waals surface area (Å²) in [5, 5.41) is 3.42. The molecule has 0 atom stereocenters. The molecule has 3 rings (SSSR count). The monoisotopic (exact) mass is 353 g/mol. The van der Waals surface area contributed by atoms with Gasteiger partial charge in [0.1, 0.15) is 5.82 Å². The number of nitrogens with one attached hydrogen (secondary N) is 1. The van der Waals surface area contributed by atoms with Crippen LogP contribution in [0.25, 0.3) is 0 Å². The van der Waals surface area contributed by atoms with E-state index in [1.54, 1.807) is 19.3 Å². The minimum absolute atomic E-state index is 0.167. The van der Waals surface area contributed by atoms with Crippen molar-refractivity contribution in [2.24, 2.45) is 7.05 Å². The fourth-order valence-corrected chi connectivity index (χ4v) is 2.62. The molecule has 2 aromatic heterocycles. The lowest BCUT2D eigenvalue weighted by Crippen LogP contribution is -2.19. The number of rotatable bonds is 4. The van der Waals surface area contributed by atoms with Crippen molar-refractivity contribution < 1.29 is 4.79 Å². The highest BCUT2D eigenvalue weighted by Gasteiger charge is 2.08. The lowest BCUT2D eigenvalue weighted by Gasteiger charge is -2.07. The molecule has 126 valence electrons. The maximum Gasteiger partial charge on any atom is 0.258 e. The van der Waals surface area contributed by atoms with Crippen LogP contribution < -0.4 is 10.9 Å². The van der Waals surface area contributed by atoms with Gasteiger partial charge < -0.3 is 9.88 Å². The zero-order chi connectivity index (χ0) is 17.8. The van der Waals surface area contributed by atoms with Gasteiger partial charge in [-0.25, -0.2) is 4.98 Å². The molecular formula is C19H16ClN3O2. The summed E-state index contributed by atoms with van der Waals surface area (Å²) in [7, 11) is 1.60. The summed E-state index contributed by atoms with van der Waals surface area (Å²) in [5.74, 6) is 0.138. The smallest absolute Gasteiger partial charge is 0.258 e. The van der Waals surface area contributed by atoms with Gasteiger partial charge in [-0.2, -0.15) is 0 Å². The maximum absolute atomic E-state index is 12.2. The Hall–Kier alpha value is -2.92. The third-order valence-electron chi connectivity index (χ3n) is 3.71.